The van der Waals surface area contributed by atoms with Crippen molar-refractivity contribution in [1.29, 1.82) is 0 Å². The Morgan fingerprint density at radius 3 is 2.84 bits per heavy atom. The number of aryl methyl sites for hydroxylation is 2. The lowest BCUT2D eigenvalue weighted by molar-refractivity contribution is 0.624. The van der Waals surface area contributed by atoms with Crippen LogP contribution in [0.1, 0.15) is 17.1 Å². The van der Waals surface area contributed by atoms with Gasteiger partial charge in [-0.15, -0.1) is 5.10 Å². The van der Waals surface area contributed by atoms with Crippen molar-refractivity contribution in [1.82, 2.24) is 34.3 Å². The first-order chi connectivity index (χ1) is 12.1. The van der Waals surface area contributed by atoms with E-state index in [-0.39, 0.29) is 5.82 Å². The van der Waals surface area contributed by atoms with Gasteiger partial charge in [-0.1, -0.05) is 5.21 Å². The molecular formula is C17H14FN7. The molecule has 1 aromatic carbocycles. The predicted molar refractivity (Wildman–Crippen MR) is 88.2 cm³/mol. The van der Waals surface area contributed by atoms with Gasteiger partial charge < -0.3 is 4.57 Å². The van der Waals surface area contributed by atoms with E-state index in [0.29, 0.717) is 12.1 Å². The minimum atomic E-state index is -0.311. The molecule has 25 heavy (non-hydrogen) atoms. The third kappa shape index (κ3) is 1.97. The molecule has 0 fully saturated rings. The van der Waals surface area contributed by atoms with E-state index in [1.54, 1.807) is 28.0 Å². The summed E-state index contributed by atoms with van der Waals surface area (Å²) in [5, 5.41) is 12.6. The molecule has 0 bridgehead atoms. The second-order valence-corrected chi connectivity index (χ2v) is 6.16. The number of benzene rings is 1. The van der Waals surface area contributed by atoms with Gasteiger partial charge in [-0.25, -0.2) is 14.1 Å². The van der Waals surface area contributed by atoms with Crippen molar-refractivity contribution in [2.45, 2.75) is 13.3 Å². The maximum absolute atomic E-state index is 13.9. The summed E-state index contributed by atoms with van der Waals surface area (Å²) in [4.78, 5) is 4.60. The Morgan fingerprint density at radius 2 is 2.04 bits per heavy atom. The van der Waals surface area contributed by atoms with E-state index in [4.69, 9.17) is 0 Å². The lowest BCUT2D eigenvalue weighted by Gasteiger charge is -2.09. The molecule has 0 aliphatic carbocycles. The number of hydrogen-bond donors (Lipinski definition) is 0. The molecule has 0 spiro atoms. The fourth-order valence-corrected chi connectivity index (χ4v) is 3.34. The Balaban J connectivity index is 1.83. The molecule has 8 heteroatoms. The van der Waals surface area contributed by atoms with Gasteiger partial charge in [0.05, 0.1) is 40.3 Å². The van der Waals surface area contributed by atoms with Gasteiger partial charge in [0, 0.05) is 31.3 Å². The molecule has 1 aliphatic heterocycles. The topological polar surface area (TPSA) is 66.3 Å². The Morgan fingerprint density at radius 1 is 1.16 bits per heavy atom. The molecular weight excluding hydrogens is 321 g/mol. The summed E-state index contributed by atoms with van der Waals surface area (Å²) < 4.78 is 19.3. The van der Waals surface area contributed by atoms with Crippen LogP contribution in [0.25, 0.3) is 22.6 Å². The smallest absolute Gasteiger partial charge is 0.125 e. The number of hydrogen-bond acceptors (Lipinski definition) is 4. The largest absolute Gasteiger partial charge is 0.300 e. The van der Waals surface area contributed by atoms with Crippen molar-refractivity contribution in [3.8, 4) is 22.6 Å². The van der Waals surface area contributed by atoms with Crippen LogP contribution in [0.3, 0.4) is 0 Å². The highest BCUT2D eigenvalue weighted by atomic mass is 19.1. The highest BCUT2D eigenvalue weighted by Crippen LogP contribution is 2.33. The van der Waals surface area contributed by atoms with E-state index in [0.717, 1.165) is 34.0 Å². The third-order valence-corrected chi connectivity index (χ3v) is 4.56. The molecule has 5 rings (SSSR count). The van der Waals surface area contributed by atoms with Crippen molar-refractivity contribution in [3.05, 3.63) is 59.8 Å². The molecule has 0 saturated heterocycles. The summed E-state index contributed by atoms with van der Waals surface area (Å²) in [5.41, 5.74) is 6.03. The monoisotopic (exact) mass is 335 g/mol. The van der Waals surface area contributed by atoms with E-state index in [9.17, 15) is 4.39 Å². The molecule has 3 aromatic heterocycles. The van der Waals surface area contributed by atoms with Crippen LogP contribution in [0.5, 0.6) is 0 Å². The second kappa shape index (κ2) is 4.85. The SMILES string of the molecule is Cc1nnn2c1Cc1c(-c3cnn(C)c3)ncn1-c1ccc(F)cc1-2. The van der Waals surface area contributed by atoms with E-state index in [2.05, 4.69) is 20.4 Å². The number of aromatic nitrogens is 7. The average Bonchev–Trinajstić information content (AvgIpc) is 3.26. The average molecular weight is 335 g/mol. The summed E-state index contributed by atoms with van der Waals surface area (Å²) in [7, 11) is 1.87. The molecule has 0 saturated carbocycles. The molecule has 0 radical (unpaired) electrons. The number of fused-ring (bicyclic) bond motifs is 5. The van der Waals surface area contributed by atoms with Crippen molar-refractivity contribution < 1.29 is 4.39 Å². The third-order valence-electron chi connectivity index (χ3n) is 4.56. The van der Waals surface area contributed by atoms with Gasteiger partial charge in [0.15, 0.2) is 0 Å². The Labute approximate surface area is 142 Å². The van der Waals surface area contributed by atoms with Crippen LogP contribution < -0.4 is 0 Å². The fourth-order valence-electron chi connectivity index (χ4n) is 3.34. The molecule has 124 valence electrons. The van der Waals surface area contributed by atoms with E-state index in [1.165, 1.54) is 12.1 Å². The molecule has 0 N–H and O–H groups in total. The van der Waals surface area contributed by atoms with Crippen LogP contribution >= 0.6 is 0 Å². The second-order valence-electron chi connectivity index (χ2n) is 6.16. The highest BCUT2D eigenvalue weighted by Gasteiger charge is 2.26. The first kappa shape index (κ1) is 14.1. The quantitative estimate of drug-likeness (QED) is 0.471. The number of rotatable bonds is 1. The van der Waals surface area contributed by atoms with Crippen LogP contribution in [0, 0.1) is 12.7 Å². The summed E-state index contributed by atoms with van der Waals surface area (Å²) in [6, 6.07) is 4.67. The van der Waals surface area contributed by atoms with Crippen molar-refractivity contribution in [2.24, 2.45) is 7.05 Å². The van der Waals surface area contributed by atoms with Crippen LogP contribution in [0.4, 0.5) is 4.39 Å². The van der Waals surface area contributed by atoms with E-state index >= 15 is 0 Å². The Kier molecular flexibility index (Phi) is 2.74. The summed E-state index contributed by atoms with van der Waals surface area (Å²) >= 11 is 0. The minimum Gasteiger partial charge on any atom is -0.300 e. The molecule has 4 heterocycles. The zero-order valence-corrected chi connectivity index (χ0v) is 13.7. The van der Waals surface area contributed by atoms with Gasteiger partial charge in [-0.05, 0) is 19.1 Å². The van der Waals surface area contributed by atoms with E-state index < -0.39 is 0 Å². The molecule has 0 unspecified atom stereocenters. The van der Waals surface area contributed by atoms with Crippen molar-refractivity contribution in [2.75, 3.05) is 0 Å². The van der Waals surface area contributed by atoms with Crippen molar-refractivity contribution >= 4 is 0 Å². The highest BCUT2D eigenvalue weighted by molar-refractivity contribution is 5.65. The maximum Gasteiger partial charge on any atom is 0.125 e. The van der Waals surface area contributed by atoms with Gasteiger partial charge in [-0.2, -0.15) is 5.10 Å². The van der Waals surface area contributed by atoms with Crippen LogP contribution in [0.15, 0.2) is 36.9 Å². The van der Waals surface area contributed by atoms with Gasteiger partial charge in [0.2, 0.25) is 0 Å². The number of halogens is 1. The zero-order chi connectivity index (χ0) is 17.1. The predicted octanol–water partition coefficient (Wildman–Crippen LogP) is 2.21. The molecule has 0 amide bonds. The van der Waals surface area contributed by atoms with E-state index in [1.807, 2.05) is 24.7 Å². The van der Waals surface area contributed by atoms with Gasteiger partial charge >= 0.3 is 0 Å². The first-order valence-corrected chi connectivity index (χ1v) is 7.88. The number of imidazole rings is 1. The zero-order valence-electron chi connectivity index (χ0n) is 13.7. The summed E-state index contributed by atoms with van der Waals surface area (Å²) in [6.07, 6.45) is 6.09. The summed E-state index contributed by atoms with van der Waals surface area (Å²) in [5.74, 6) is -0.311. The Bertz CT molecular complexity index is 1120. The standard InChI is InChI=1S/C17H14FN7/c1-10-14-6-16-17(11-7-20-23(2)8-11)19-9-24(16)13-4-3-12(18)5-15(13)25(14)22-21-10/h3-5,7-9H,6H2,1-2H3. The summed E-state index contributed by atoms with van der Waals surface area (Å²) in [6.45, 7) is 1.91. The van der Waals surface area contributed by atoms with Gasteiger partial charge in [-0.3, -0.25) is 4.68 Å². The molecule has 4 aromatic rings. The minimum absolute atomic E-state index is 0.311. The normalized spacial score (nSPS) is 12.4. The van der Waals surface area contributed by atoms with Crippen LogP contribution in [0.2, 0.25) is 0 Å². The molecule has 0 atom stereocenters. The lowest BCUT2D eigenvalue weighted by Crippen LogP contribution is -2.04. The molecule has 7 nitrogen and oxygen atoms in total. The van der Waals surface area contributed by atoms with Gasteiger partial charge in [0.1, 0.15) is 12.1 Å². The maximum atomic E-state index is 13.9. The van der Waals surface area contributed by atoms with Crippen LogP contribution in [-0.2, 0) is 13.5 Å². The first-order valence-electron chi connectivity index (χ1n) is 7.88. The molecule has 1 aliphatic rings. The fraction of sp³-hybridized carbons (Fsp3) is 0.176. The van der Waals surface area contributed by atoms with Crippen molar-refractivity contribution in [3.63, 3.8) is 0 Å². The lowest BCUT2D eigenvalue weighted by atomic mass is 10.1. The van der Waals surface area contributed by atoms with Gasteiger partial charge in [0.25, 0.3) is 0 Å². The number of nitrogens with zero attached hydrogens (tertiary/aromatic N) is 7. The van der Waals surface area contributed by atoms with Crippen LogP contribution in [-0.4, -0.2) is 34.3 Å². The Hall–Kier alpha value is -3.29.